The molecule has 2 aromatic rings. The van der Waals surface area contributed by atoms with Crippen LogP contribution in [0.4, 0.5) is 0 Å². The number of rotatable bonds is 3. The molecule has 0 aromatic carbocycles. The Hall–Kier alpha value is -1.95. The monoisotopic (exact) mass is 266 g/mol. The second-order valence-electron chi connectivity index (χ2n) is 3.74. The van der Waals surface area contributed by atoms with Crippen molar-refractivity contribution >= 4 is 17.5 Å². The molecule has 0 radical (unpaired) electrons. The molecule has 94 valence electrons. The van der Waals surface area contributed by atoms with Crippen LogP contribution in [0.2, 0.25) is 5.15 Å². The molecule has 0 unspecified atom stereocenters. The van der Waals surface area contributed by atoms with Crippen LogP contribution in [0.5, 0.6) is 0 Å². The molecule has 0 saturated heterocycles. The van der Waals surface area contributed by atoms with E-state index in [1.807, 2.05) is 0 Å². The highest BCUT2D eigenvalue weighted by atomic mass is 35.5. The van der Waals surface area contributed by atoms with E-state index < -0.39 is 0 Å². The van der Waals surface area contributed by atoms with Crippen LogP contribution in [0.3, 0.4) is 0 Å². The normalized spacial score (nSPS) is 10.4. The van der Waals surface area contributed by atoms with Crippen LogP contribution in [0.25, 0.3) is 0 Å². The summed E-state index contributed by atoms with van der Waals surface area (Å²) in [6.45, 7) is 3.66. The lowest BCUT2D eigenvalue weighted by atomic mass is 10.2. The van der Waals surface area contributed by atoms with Gasteiger partial charge in [-0.05, 0) is 26.0 Å². The maximum absolute atomic E-state index is 11.8. The third-order valence-electron chi connectivity index (χ3n) is 2.15. The minimum Gasteiger partial charge on any atom is -0.343 e. The minimum atomic E-state index is -0.266. The predicted molar refractivity (Wildman–Crippen MR) is 64.2 cm³/mol. The van der Waals surface area contributed by atoms with E-state index >= 15 is 0 Å². The van der Waals surface area contributed by atoms with E-state index in [2.05, 4.69) is 20.4 Å². The van der Waals surface area contributed by atoms with Gasteiger partial charge in [0.25, 0.3) is 5.91 Å². The molecule has 0 aliphatic carbocycles. The summed E-state index contributed by atoms with van der Waals surface area (Å²) in [6.07, 6.45) is 0. The largest absolute Gasteiger partial charge is 0.343 e. The lowest BCUT2D eigenvalue weighted by Gasteiger charge is -2.03. The molecular formula is C11H11ClN4O2. The lowest BCUT2D eigenvalue weighted by molar-refractivity contribution is 0.0946. The number of carbonyl (C=O) groups is 1. The van der Waals surface area contributed by atoms with Crippen LogP contribution in [-0.4, -0.2) is 21.0 Å². The van der Waals surface area contributed by atoms with Crippen molar-refractivity contribution in [3.05, 3.63) is 40.3 Å². The molecule has 2 heterocycles. The van der Waals surface area contributed by atoms with Gasteiger partial charge in [0.05, 0.1) is 6.54 Å². The molecule has 1 N–H and O–H groups in total. The first-order valence-electron chi connectivity index (χ1n) is 5.26. The number of hydrogen-bond acceptors (Lipinski definition) is 5. The summed E-state index contributed by atoms with van der Waals surface area (Å²) in [4.78, 5) is 19.8. The van der Waals surface area contributed by atoms with Gasteiger partial charge < -0.3 is 9.84 Å². The lowest BCUT2D eigenvalue weighted by Crippen LogP contribution is -2.23. The van der Waals surface area contributed by atoms with Gasteiger partial charge >= 0.3 is 0 Å². The van der Waals surface area contributed by atoms with E-state index in [-0.39, 0.29) is 17.6 Å². The average molecular weight is 267 g/mol. The quantitative estimate of drug-likeness (QED) is 0.855. The van der Waals surface area contributed by atoms with Crippen LogP contribution < -0.4 is 5.32 Å². The zero-order valence-corrected chi connectivity index (χ0v) is 10.7. The fourth-order valence-electron chi connectivity index (χ4n) is 1.43. The van der Waals surface area contributed by atoms with Gasteiger partial charge in [-0.2, -0.15) is 4.98 Å². The van der Waals surface area contributed by atoms with Crippen molar-refractivity contribution < 1.29 is 9.32 Å². The van der Waals surface area contributed by atoms with Gasteiger partial charge in [0.15, 0.2) is 5.82 Å². The third kappa shape index (κ3) is 3.04. The van der Waals surface area contributed by atoms with E-state index in [9.17, 15) is 4.79 Å². The highest BCUT2D eigenvalue weighted by Gasteiger charge is 2.09. The highest BCUT2D eigenvalue weighted by Crippen LogP contribution is 2.10. The number of amides is 1. The molecule has 7 heteroatoms. The van der Waals surface area contributed by atoms with E-state index in [0.29, 0.717) is 23.0 Å². The van der Waals surface area contributed by atoms with Crippen molar-refractivity contribution in [3.63, 3.8) is 0 Å². The van der Waals surface area contributed by atoms with Crippen LogP contribution in [-0.2, 0) is 6.54 Å². The number of nitrogens with one attached hydrogen (secondary N) is 1. The Labute approximate surface area is 108 Å². The van der Waals surface area contributed by atoms with E-state index in [4.69, 9.17) is 16.1 Å². The van der Waals surface area contributed by atoms with Crippen molar-refractivity contribution in [3.8, 4) is 0 Å². The Bertz CT molecular complexity index is 562. The summed E-state index contributed by atoms with van der Waals surface area (Å²) in [5.41, 5.74) is 1.13. The molecule has 0 aliphatic heterocycles. The summed E-state index contributed by atoms with van der Waals surface area (Å²) in [5, 5.41) is 6.57. The second kappa shape index (κ2) is 5.14. The van der Waals surface area contributed by atoms with Gasteiger partial charge in [-0.1, -0.05) is 16.8 Å². The van der Waals surface area contributed by atoms with E-state index in [1.165, 1.54) is 6.07 Å². The average Bonchev–Trinajstić information content (AvgIpc) is 2.70. The van der Waals surface area contributed by atoms with Gasteiger partial charge in [-0.25, -0.2) is 4.98 Å². The molecular weight excluding hydrogens is 256 g/mol. The Morgan fingerprint density at radius 1 is 1.39 bits per heavy atom. The molecule has 0 fully saturated rings. The highest BCUT2D eigenvalue weighted by molar-refractivity contribution is 6.29. The molecule has 0 spiro atoms. The Balaban J connectivity index is 2.03. The van der Waals surface area contributed by atoms with Crippen LogP contribution in [0.1, 0.15) is 27.8 Å². The standard InChI is InChI=1S/C11H11ClN4O2/c1-6-3-8(4-9(12)14-6)11(17)13-5-10-15-7(2)16-18-10/h3-4H,5H2,1-2H3,(H,13,17). The number of carbonyl (C=O) groups excluding carboxylic acids is 1. The van der Waals surface area contributed by atoms with Crippen LogP contribution in [0.15, 0.2) is 16.7 Å². The second-order valence-corrected chi connectivity index (χ2v) is 4.13. The number of nitrogens with zero attached hydrogens (tertiary/aromatic N) is 3. The maximum Gasteiger partial charge on any atom is 0.251 e. The van der Waals surface area contributed by atoms with E-state index in [1.54, 1.807) is 19.9 Å². The van der Waals surface area contributed by atoms with Gasteiger partial charge in [-0.15, -0.1) is 0 Å². The number of aromatic nitrogens is 3. The Morgan fingerprint density at radius 2 is 2.17 bits per heavy atom. The van der Waals surface area contributed by atoms with Crippen molar-refractivity contribution in [1.29, 1.82) is 0 Å². The molecule has 18 heavy (non-hydrogen) atoms. The van der Waals surface area contributed by atoms with E-state index in [0.717, 1.165) is 0 Å². The third-order valence-corrected chi connectivity index (χ3v) is 2.35. The molecule has 1 amide bonds. The smallest absolute Gasteiger partial charge is 0.251 e. The van der Waals surface area contributed by atoms with Crippen molar-refractivity contribution in [2.24, 2.45) is 0 Å². The first-order chi connectivity index (χ1) is 8.54. The van der Waals surface area contributed by atoms with Crippen molar-refractivity contribution in [1.82, 2.24) is 20.4 Å². The van der Waals surface area contributed by atoms with Gasteiger partial charge in [0.1, 0.15) is 5.15 Å². The molecule has 0 atom stereocenters. The van der Waals surface area contributed by atoms with Crippen LogP contribution >= 0.6 is 11.6 Å². The van der Waals surface area contributed by atoms with Crippen molar-refractivity contribution in [2.75, 3.05) is 0 Å². The topological polar surface area (TPSA) is 80.9 Å². The predicted octanol–water partition coefficient (Wildman–Crippen LogP) is 1.66. The van der Waals surface area contributed by atoms with Crippen molar-refractivity contribution in [2.45, 2.75) is 20.4 Å². The zero-order valence-electron chi connectivity index (χ0n) is 9.90. The first-order valence-corrected chi connectivity index (χ1v) is 5.64. The Morgan fingerprint density at radius 3 is 2.78 bits per heavy atom. The molecule has 0 bridgehead atoms. The molecule has 0 aliphatic rings. The molecule has 2 aromatic heterocycles. The molecule has 6 nitrogen and oxygen atoms in total. The number of halogens is 1. The summed E-state index contributed by atoms with van der Waals surface area (Å²) >= 11 is 5.78. The summed E-state index contributed by atoms with van der Waals surface area (Å²) in [6, 6.07) is 3.16. The fraction of sp³-hybridized carbons (Fsp3) is 0.273. The summed E-state index contributed by atoms with van der Waals surface area (Å²) in [7, 11) is 0. The summed E-state index contributed by atoms with van der Waals surface area (Å²) < 4.78 is 4.88. The van der Waals surface area contributed by atoms with Gasteiger partial charge in [0.2, 0.25) is 5.89 Å². The molecule has 2 rings (SSSR count). The zero-order chi connectivity index (χ0) is 13.1. The fourth-order valence-corrected chi connectivity index (χ4v) is 1.68. The number of aryl methyl sites for hydroxylation is 2. The molecule has 0 saturated carbocycles. The van der Waals surface area contributed by atoms with Gasteiger partial charge in [0, 0.05) is 11.3 Å². The minimum absolute atomic E-state index is 0.179. The SMILES string of the molecule is Cc1cc(C(=O)NCc2nc(C)no2)cc(Cl)n1. The number of pyridine rings is 1. The number of hydrogen-bond donors (Lipinski definition) is 1. The summed E-state index contributed by atoms with van der Waals surface area (Å²) in [5.74, 6) is 0.623. The van der Waals surface area contributed by atoms with Crippen LogP contribution in [0, 0.1) is 13.8 Å². The first kappa shape index (κ1) is 12.5. The maximum atomic E-state index is 11.8. The Kier molecular flexibility index (Phi) is 3.57. The van der Waals surface area contributed by atoms with Gasteiger partial charge in [-0.3, -0.25) is 4.79 Å².